The molecule has 0 spiro atoms. The SMILES string of the molecule is CCN(CC)C(=O)CC(CN)Nc1ccc(F)cc1. The fraction of sp³-hybridized carbons (Fsp3) is 0.500. The topological polar surface area (TPSA) is 58.4 Å². The second kappa shape index (κ2) is 7.74. The van der Waals surface area contributed by atoms with Crippen LogP contribution in [0, 0.1) is 5.82 Å². The summed E-state index contributed by atoms with van der Waals surface area (Å²) < 4.78 is 12.8. The molecule has 0 aromatic heterocycles. The maximum atomic E-state index is 12.8. The molecule has 5 heteroatoms. The summed E-state index contributed by atoms with van der Waals surface area (Å²) >= 11 is 0. The normalized spacial score (nSPS) is 12.0. The number of halogens is 1. The number of rotatable bonds is 7. The second-order valence-electron chi connectivity index (χ2n) is 4.35. The Bertz CT molecular complexity index is 390. The lowest BCUT2D eigenvalue weighted by molar-refractivity contribution is -0.131. The Morgan fingerprint density at radius 1 is 1.32 bits per heavy atom. The minimum absolute atomic E-state index is 0.0788. The van der Waals surface area contributed by atoms with Gasteiger partial charge in [0.05, 0.1) is 0 Å². The Kier molecular flexibility index (Phi) is 6.29. The van der Waals surface area contributed by atoms with Crippen LogP contribution in [0.25, 0.3) is 0 Å². The highest BCUT2D eigenvalue weighted by Crippen LogP contribution is 2.11. The van der Waals surface area contributed by atoms with Crippen molar-refractivity contribution < 1.29 is 9.18 Å². The third-order valence-corrected chi connectivity index (χ3v) is 3.04. The lowest BCUT2D eigenvalue weighted by Gasteiger charge is -2.23. The van der Waals surface area contributed by atoms with Crippen molar-refractivity contribution in [3.05, 3.63) is 30.1 Å². The predicted molar refractivity (Wildman–Crippen MR) is 75.4 cm³/mol. The number of carbonyl (C=O) groups is 1. The Morgan fingerprint density at radius 2 is 1.89 bits per heavy atom. The van der Waals surface area contributed by atoms with E-state index in [9.17, 15) is 9.18 Å². The van der Waals surface area contributed by atoms with Gasteiger partial charge in [0.2, 0.25) is 5.91 Å². The molecule has 1 unspecified atom stereocenters. The van der Waals surface area contributed by atoms with Crippen LogP contribution >= 0.6 is 0 Å². The number of hydrogen-bond acceptors (Lipinski definition) is 3. The van der Waals surface area contributed by atoms with Crippen molar-refractivity contribution in [2.75, 3.05) is 25.0 Å². The van der Waals surface area contributed by atoms with Gasteiger partial charge in [0.1, 0.15) is 5.82 Å². The molecule has 4 nitrogen and oxygen atoms in total. The molecule has 0 bridgehead atoms. The number of carbonyl (C=O) groups excluding carboxylic acids is 1. The predicted octanol–water partition coefficient (Wildman–Crippen LogP) is 1.82. The molecule has 1 aromatic rings. The summed E-state index contributed by atoms with van der Waals surface area (Å²) in [6, 6.07) is 5.89. The van der Waals surface area contributed by atoms with Crippen molar-refractivity contribution in [2.24, 2.45) is 5.73 Å². The molecule has 1 aromatic carbocycles. The molecule has 0 radical (unpaired) electrons. The molecule has 1 amide bonds. The van der Waals surface area contributed by atoms with Gasteiger partial charge >= 0.3 is 0 Å². The third kappa shape index (κ3) is 4.87. The number of hydrogen-bond donors (Lipinski definition) is 2. The van der Waals surface area contributed by atoms with Crippen molar-refractivity contribution >= 4 is 11.6 Å². The lowest BCUT2D eigenvalue weighted by Crippen LogP contribution is -2.38. The molecule has 0 aliphatic rings. The molecule has 3 N–H and O–H groups in total. The number of benzene rings is 1. The fourth-order valence-corrected chi connectivity index (χ4v) is 1.89. The number of anilines is 1. The van der Waals surface area contributed by atoms with Crippen molar-refractivity contribution in [1.82, 2.24) is 4.90 Å². The van der Waals surface area contributed by atoms with Crippen LogP contribution < -0.4 is 11.1 Å². The zero-order valence-electron chi connectivity index (χ0n) is 11.5. The minimum atomic E-state index is -0.283. The van der Waals surface area contributed by atoms with Crippen LogP contribution in [0.4, 0.5) is 10.1 Å². The first-order chi connectivity index (χ1) is 9.10. The summed E-state index contributed by atoms with van der Waals surface area (Å²) in [5.41, 5.74) is 6.44. The minimum Gasteiger partial charge on any atom is -0.381 e. The summed E-state index contributed by atoms with van der Waals surface area (Å²) in [5, 5.41) is 3.15. The van der Waals surface area contributed by atoms with E-state index in [0.29, 0.717) is 26.1 Å². The van der Waals surface area contributed by atoms with Crippen molar-refractivity contribution in [3.8, 4) is 0 Å². The standard InChI is InChI=1S/C14H22FN3O/c1-3-18(4-2)14(19)9-13(10-16)17-12-7-5-11(15)6-8-12/h5-8,13,17H,3-4,9-10,16H2,1-2H3. The molecule has 0 aliphatic carbocycles. The number of nitrogens with one attached hydrogen (secondary N) is 1. The molecular formula is C14H22FN3O. The van der Waals surface area contributed by atoms with Crippen LogP contribution in [-0.4, -0.2) is 36.5 Å². The van der Waals surface area contributed by atoms with E-state index in [1.165, 1.54) is 12.1 Å². The van der Waals surface area contributed by atoms with Crippen molar-refractivity contribution in [3.63, 3.8) is 0 Å². The van der Waals surface area contributed by atoms with Gasteiger partial charge in [-0.3, -0.25) is 4.79 Å². The van der Waals surface area contributed by atoms with Gasteiger partial charge in [-0.15, -0.1) is 0 Å². The molecule has 1 rings (SSSR count). The average Bonchev–Trinajstić information content (AvgIpc) is 2.41. The van der Waals surface area contributed by atoms with Gasteiger partial charge in [0, 0.05) is 37.8 Å². The van der Waals surface area contributed by atoms with Gasteiger partial charge in [-0.25, -0.2) is 4.39 Å². The van der Waals surface area contributed by atoms with Crippen LogP contribution in [0.1, 0.15) is 20.3 Å². The van der Waals surface area contributed by atoms with Crippen LogP contribution in [0.15, 0.2) is 24.3 Å². The Morgan fingerprint density at radius 3 is 2.37 bits per heavy atom. The van der Waals surface area contributed by atoms with E-state index in [4.69, 9.17) is 5.73 Å². The Balaban J connectivity index is 2.58. The quantitative estimate of drug-likeness (QED) is 0.792. The molecule has 106 valence electrons. The van der Waals surface area contributed by atoms with Crippen molar-refractivity contribution in [1.29, 1.82) is 0 Å². The van der Waals surface area contributed by atoms with Gasteiger partial charge in [0.25, 0.3) is 0 Å². The molecule has 0 saturated heterocycles. The maximum absolute atomic E-state index is 12.8. The van der Waals surface area contributed by atoms with Crippen LogP contribution in [-0.2, 0) is 4.79 Å². The molecule has 19 heavy (non-hydrogen) atoms. The van der Waals surface area contributed by atoms with E-state index in [1.807, 2.05) is 13.8 Å². The summed E-state index contributed by atoms with van der Waals surface area (Å²) in [5.74, 6) is -0.205. The van der Waals surface area contributed by atoms with Gasteiger partial charge in [-0.1, -0.05) is 0 Å². The first-order valence-corrected chi connectivity index (χ1v) is 6.60. The molecular weight excluding hydrogens is 245 g/mol. The van der Waals surface area contributed by atoms with Gasteiger partial charge < -0.3 is 16.0 Å². The zero-order valence-corrected chi connectivity index (χ0v) is 11.5. The van der Waals surface area contributed by atoms with Crippen LogP contribution in [0.3, 0.4) is 0 Å². The molecule has 0 saturated carbocycles. The second-order valence-corrected chi connectivity index (χ2v) is 4.35. The van der Waals surface area contributed by atoms with E-state index in [1.54, 1.807) is 17.0 Å². The van der Waals surface area contributed by atoms with Gasteiger partial charge in [-0.2, -0.15) is 0 Å². The first kappa shape index (κ1) is 15.4. The van der Waals surface area contributed by atoms with Gasteiger partial charge in [0.15, 0.2) is 0 Å². The van der Waals surface area contributed by atoms with E-state index in [2.05, 4.69) is 5.32 Å². The van der Waals surface area contributed by atoms with Crippen molar-refractivity contribution in [2.45, 2.75) is 26.3 Å². The van der Waals surface area contributed by atoms with Crippen LogP contribution in [0.2, 0.25) is 0 Å². The highest BCUT2D eigenvalue weighted by atomic mass is 19.1. The summed E-state index contributed by atoms with van der Waals surface area (Å²) in [6.07, 6.45) is 0.343. The highest BCUT2D eigenvalue weighted by Gasteiger charge is 2.16. The number of nitrogens with two attached hydrogens (primary N) is 1. The highest BCUT2D eigenvalue weighted by molar-refractivity contribution is 5.77. The van der Waals surface area contributed by atoms with E-state index < -0.39 is 0 Å². The van der Waals surface area contributed by atoms with E-state index >= 15 is 0 Å². The number of nitrogens with zero attached hydrogens (tertiary/aromatic N) is 1. The van der Waals surface area contributed by atoms with Crippen LogP contribution in [0.5, 0.6) is 0 Å². The monoisotopic (exact) mass is 267 g/mol. The molecule has 0 fully saturated rings. The number of amides is 1. The molecule has 0 heterocycles. The molecule has 0 aliphatic heterocycles. The smallest absolute Gasteiger partial charge is 0.224 e. The maximum Gasteiger partial charge on any atom is 0.224 e. The van der Waals surface area contributed by atoms with Gasteiger partial charge in [-0.05, 0) is 38.1 Å². The Labute approximate surface area is 113 Å². The lowest BCUT2D eigenvalue weighted by atomic mass is 10.1. The third-order valence-electron chi connectivity index (χ3n) is 3.04. The zero-order chi connectivity index (χ0) is 14.3. The first-order valence-electron chi connectivity index (χ1n) is 6.60. The van der Waals surface area contributed by atoms with E-state index in [0.717, 1.165) is 5.69 Å². The van der Waals surface area contributed by atoms with E-state index in [-0.39, 0.29) is 17.8 Å². The summed E-state index contributed by atoms with van der Waals surface area (Å²) in [6.45, 7) is 5.65. The Hall–Kier alpha value is -1.62. The average molecular weight is 267 g/mol. The summed E-state index contributed by atoms with van der Waals surface area (Å²) in [4.78, 5) is 13.8. The fourth-order valence-electron chi connectivity index (χ4n) is 1.89. The largest absolute Gasteiger partial charge is 0.381 e. The summed E-state index contributed by atoms with van der Waals surface area (Å²) in [7, 11) is 0. The molecule has 1 atom stereocenters.